The van der Waals surface area contributed by atoms with Crippen LogP contribution in [0.4, 0.5) is 10.5 Å². The van der Waals surface area contributed by atoms with Gasteiger partial charge in [-0.2, -0.15) is 0 Å². The molecule has 1 atom stereocenters. The smallest absolute Gasteiger partial charge is 0.414 e. The Morgan fingerprint density at radius 1 is 1.41 bits per heavy atom. The molecule has 1 fully saturated rings. The zero-order valence-corrected chi connectivity index (χ0v) is 9.50. The van der Waals surface area contributed by atoms with Crippen LogP contribution >= 0.6 is 0 Å². The molecule has 0 aliphatic carbocycles. The molecule has 0 spiro atoms. The predicted molar refractivity (Wildman–Crippen MR) is 63.9 cm³/mol. The van der Waals surface area contributed by atoms with Crippen molar-refractivity contribution in [2.24, 2.45) is 5.73 Å². The van der Waals surface area contributed by atoms with Crippen molar-refractivity contribution in [1.29, 1.82) is 0 Å². The number of hydrogen-bond acceptors (Lipinski definition) is 4. The van der Waals surface area contributed by atoms with Crippen LogP contribution in [0.25, 0.3) is 0 Å². The highest BCUT2D eigenvalue weighted by atomic mass is 16.6. The lowest BCUT2D eigenvalue weighted by Crippen LogP contribution is -2.25. The third-order valence-electron chi connectivity index (χ3n) is 2.76. The van der Waals surface area contributed by atoms with Crippen molar-refractivity contribution in [2.75, 3.05) is 24.6 Å². The number of amides is 1. The Kier molecular flexibility index (Phi) is 3.61. The molecule has 1 aliphatic heterocycles. The molecule has 5 nitrogen and oxygen atoms in total. The highest BCUT2D eigenvalue weighted by molar-refractivity contribution is 5.89. The molecular weight excluding hydrogens is 220 g/mol. The van der Waals surface area contributed by atoms with E-state index in [1.165, 1.54) is 4.90 Å². The van der Waals surface area contributed by atoms with E-state index < -0.39 is 12.2 Å². The van der Waals surface area contributed by atoms with Crippen molar-refractivity contribution in [3.8, 4) is 0 Å². The quantitative estimate of drug-likeness (QED) is 0.798. The van der Waals surface area contributed by atoms with Crippen LogP contribution in [0.15, 0.2) is 24.3 Å². The third kappa shape index (κ3) is 2.57. The van der Waals surface area contributed by atoms with Gasteiger partial charge in [0.25, 0.3) is 0 Å². The second-order valence-corrected chi connectivity index (χ2v) is 4.00. The number of anilines is 1. The van der Waals surface area contributed by atoms with Crippen LogP contribution < -0.4 is 10.6 Å². The lowest BCUT2D eigenvalue weighted by atomic mass is 10.1. The Morgan fingerprint density at radius 3 is 2.65 bits per heavy atom. The summed E-state index contributed by atoms with van der Waals surface area (Å²) in [6.07, 6.45) is -0.00822. The number of cyclic esters (lactones) is 1. The molecule has 17 heavy (non-hydrogen) atoms. The van der Waals surface area contributed by atoms with Gasteiger partial charge in [-0.1, -0.05) is 12.1 Å². The summed E-state index contributed by atoms with van der Waals surface area (Å²) in [7, 11) is 0. The van der Waals surface area contributed by atoms with Gasteiger partial charge in [0, 0.05) is 5.69 Å². The highest BCUT2D eigenvalue weighted by Gasteiger charge is 2.31. The van der Waals surface area contributed by atoms with E-state index in [4.69, 9.17) is 15.6 Å². The fraction of sp³-hybridized carbons (Fsp3) is 0.417. The third-order valence-corrected chi connectivity index (χ3v) is 2.76. The molecule has 1 heterocycles. The maximum atomic E-state index is 11.5. The van der Waals surface area contributed by atoms with Gasteiger partial charge < -0.3 is 15.6 Å². The first-order valence-electron chi connectivity index (χ1n) is 5.62. The average molecular weight is 236 g/mol. The van der Waals surface area contributed by atoms with E-state index >= 15 is 0 Å². The SMILES string of the molecule is NCCc1ccc(N2CC(CO)OC2=O)cc1. The topological polar surface area (TPSA) is 75.8 Å². The van der Waals surface area contributed by atoms with Crippen LogP contribution in [0.2, 0.25) is 0 Å². The minimum Gasteiger partial charge on any atom is -0.441 e. The molecule has 0 aromatic heterocycles. The van der Waals surface area contributed by atoms with Gasteiger partial charge in [0.2, 0.25) is 0 Å². The molecule has 92 valence electrons. The van der Waals surface area contributed by atoms with Crippen molar-refractivity contribution in [2.45, 2.75) is 12.5 Å². The number of aliphatic hydroxyl groups excluding tert-OH is 1. The maximum absolute atomic E-state index is 11.5. The van der Waals surface area contributed by atoms with Crippen LogP contribution in [0.5, 0.6) is 0 Å². The van der Waals surface area contributed by atoms with Gasteiger partial charge in [0.15, 0.2) is 0 Å². The number of ether oxygens (including phenoxy) is 1. The molecule has 1 aromatic rings. The monoisotopic (exact) mass is 236 g/mol. The van der Waals surface area contributed by atoms with Gasteiger partial charge in [-0.05, 0) is 30.7 Å². The fourth-order valence-electron chi connectivity index (χ4n) is 1.84. The van der Waals surface area contributed by atoms with Crippen LogP contribution in [-0.2, 0) is 11.2 Å². The summed E-state index contributed by atoms with van der Waals surface area (Å²) >= 11 is 0. The zero-order valence-electron chi connectivity index (χ0n) is 9.50. The van der Waals surface area contributed by atoms with E-state index in [0.717, 1.165) is 17.7 Å². The number of nitrogens with two attached hydrogens (primary N) is 1. The first-order chi connectivity index (χ1) is 8.24. The van der Waals surface area contributed by atoms with Gasteiger partial charge >= 0.3 is 6.09 Å². The van der Waals surface area contributed by atoms with Crippen LogP contribution in [0.3, 0.4) is 0 Å². The van der Waals surface area contributed by atoms with Gasteiger partial charge in [-0.15, -0.1) is 0 Å². The van der Waals surface area contributed by atoms with Crippen LogP contribution in [-0.4, -0.2) is 37.0 Å². The molecule has 0 bridgehead atoms. The van der Waals surface area contributed by atoms with E-state index in [9.17, 15) is 4.79 Å². The van der Waals surface area contributed by atoms with Crippen molar-refractivity contribution in [3.05, 3.63) is 29.8 Å². The number of nitrogens with zero attached hydrogens (tertiary/aromatic N) is 1. The van der Waals surface area contributed by atoms with E-state index in [1.807, 2.05) is 24.3 Å². The summed E-state index contributed by atoms with van der Waals surface area (Å²) < 4.78 is 4.97. The first kappa shape index (κ1) is 11.9. The summed E-state index contributed by atoms with van der Waals surface area (Å²) in [4.78, 5) is 13.0. The zero-order chi connectivity index (χ0) is 12.3. The van der Waals surface area contributed by atoms with Crippen molar-refractivity contribution in [3.63, 3.8) is 0 Å². The van der Waals surface area contributed by atoms with Gasteiger partial charge in [-0.3, -0.25) is 4.90 Å². The Balaban J connectivity index is 2.09. The molecule has 1 aromatic carbocycles. The van der Waals surface area contributed by atoms with E-state index in [0.29, 0.717) is 13.1 Å². The minimum atomic E-state index is -0.425. The Morgan fingerprint density at radius 2 is 2.12 bits per heavy atom. The fourth-order valence-corrected chi connectivity index (χ4v) is 1.84. The van der Waals surface area contributed by atoms with E-state index in [2.05, 4.69) is 0 Å². The first-order valence-corrected chi connectivity index (χ1v) is 5.62. The second kappa shape index (κ2) is 5.16. The van der Waals surface area contributed by atoms with Gasteiger partial charge in [0.05, 0.1) is 13.2 Å². The summed E-state index contributed by atoms with van der Waals surface area (Å²) in [5, 5.41) is 8.94. The number of benzene rings is 1. The van der Waals surface area contributed by atoms with Crippen LogP contribution in [0, 0.1) is 0 Å². The van der Waals surface area contributed by atoms with Crippen molar-refractivity contribution < 1.29 is 14.6 Å². The number of hydrogen-bond donors (Lipinski definition) is 2. The van der Waals surface area contributed by atoms with Gasteiger partial charge in [0.1, 0.15) is 6.10 Å². The number of carbonyl (C=O) groups is 1. The molecule has 0 radical (unpaired) electrons. The number of aliphatic hydroxyl groups is 1. The molecule has 0 saturated carbocycles. The largest absolute Gasteiger partial charge is 0.441 e. The lowest BCUT2D eigenvalue weighted by molar-refractivity contribution is 0.0963. The number of carbonyl (C=O) groups excluding carboxylic acids is 1. The lowest BCUT2D eigenvalue weighted by Gasteiger charge is -2.13. The Bertz CT molecular complexity index is 391. The molecule has 2 rings (SSSR count). The average Bonchev–Trinajstić information content (AvgIpc) is 2.72. The molecular formula is C12H16N2O3. The second-order valence-electron chi connectivity index (χ2n) is 4.00. The maximum Gasteiger partial charge on any atom is 0.414 e. The summed E-state index contributed by atoms with van der Waals surface area (Å²) in [5.74, 6) is 0. The molecule has 3 N–H and O–H groups in total. The molecule has 1 saturated heterocycles. The van der Waals surface area contributed by atoms with Crippen molar-refractivity contribution in [1.82, 2.24) is 0 Å². The molecule has 5 heteroatoms. The highest BCUT2D eigenvalue weighted by Crippen LogP contribution is 2.21. The van der Waals surface area contributed by atoms with Crippen molar-refractivity contribution >= 4 is 11.8 Å². The molecule has 1 unspecified atom stereocenters. The van der Waals surface area contributed by atoms with Gasteiger partial charge in [-0.25, -0.2) is 4.79 Å². The molecule has 1 amide bonds. The van der Waals surface area contributed by atoms with E-state index in [1.54, 1.807) is 0 Å². The summed E-state index contributed by atoms with van der Waals surface area (Å²) in [5.41, 5.74) is 7.39. The van der Waals surface area contributed by atoms with Crippen LogP contribution in [0.1, 0.15) is 5.56 Å². The molecule has 1 aliphatic rings. The minimum absolute atomic E-state index is 0.145. The Labute approximate surface area is 99.8 Å². The number of rotatable bonds is 4. The normalized spacial score (nSPS) is 19.5. The summed E-state index contributed by atoms with van der Waals surface area (Å²) in [6.45, 7) is 0.858. The Hall–Kier alpha value is -1.59. The predicted octanol–water partition coefficient (Wildman–Crippen LogP) is 0.505. The van der Waals surface area contributed by atoms with E-state index in [-0.39, 0.29) is 6.61 Å². The standard InChI is InChI=1S/C12H16N2O3/c13-6-5-9-1-3-10(4-2-9)14-7-11(8-15)17-12(14)16/h1-4,11,15H,5-8,13H2. The summed E-state index contributed by atoms with van der Waals surface area (Å²) in [6, 6.07) is 7.63.